The second kappa shape index (κ2) is 6.19. The second-order valence-electron chi connectivity index (χ2n) is 7.60. The quantitative estimate of drug-likeness (QED) is 0.358. The highest BCUT2D eigenvalue weighted by atomic mass is 16.1. The van der Waals surface area contributed by atoms with Crippen LogP contribution in [0, 0.1) is 0 Å². The molecule has 0 fully saturated rings. The average molecular weight is 385 g/mol. The summed E-state index contributed by atoms with van der Waals surface area (Å²) in [6.45, 7) is 0. The molecule has 1 aliphatic rings. The summed E-state index contributed by atoms with van der Waals surface area (Å²) in [6.07, 6.45) is 3.56. The topological polar surface area (TPSA) is 47.0 Å². The van der Waals surface area contributed by atoms with Crippen LogP contribution in [0.4, 0.5) is 0 Å². The first-order valence-electron chi connectivity index (χ1n) is 9.79. The number of rotatable bonds is 1. The predicted molar refractivity (Wildman–Crippen MR) is 118 cm³/mol. The first-order chi connectivity index (χ1) is 14.7. The lowest BCUT2D eigenvalue weighted by Gasteiger charge is -2.19. The molecule has 1 aromatic heterocycles. The Labute approximate surface area is 172 Å². The number of carbonyl (C=O) groups excluding carboxylic acids is 2. The highest BCUT2D eigenvalue weighted by Crippen LogP contribution is 2.34. The minimum atomic E-state index is -0.0981. The Kier molecular flexibility index (Phi) is 3.47. The third kappa shape index (κ3) is 2.42. The summed E-state index contributed by atoms with van der Waals surface area (Å²) in [5.41, 5.74) is 3.95. The van der Waals surface area contributed by atoms with Crippen LogP contribution < -0.4 is 0 Å². The van der Waals surface area contributed by atoms with Crippen molar-refractivity contribution < 1.29 is 9.59 Å². The summed E-state index contributed by atoms with van der Waals surface area (Å²) in [5, 5.41) is 3.79. The van der Waals surface area contributed by atoms with Gasteiger partial charge in [-0.1, -0.05) is 42.5 Å². The van der Waals surface area contributed by atoms with Gasteiger partial charge in [0.25, 0.3) is 0 Å². The lowest BCUT2D eigenvalue weighted by atomic mass is 9.81. The molecule has 3 heteroatoms. The number of pyridine rings is 1. The van der Waals surface area contributed by atoms with Gasteiger partial charge in [0.15, 0.2) is 11.6 Å². The van der Waals surface area contributed by atoms with E-state index in [1.165, 1.54) is 0 Å². The van der Waals surface area contributed by atoms with Crippen LogP contribution in [0.3, 0.4) is 0 Å². The van der Waals surface area contributed by atoms with E-state index in [-0.39, 0.29) is 11.6 Å². The maximum Gasteiger partial charge on any atom is 0.194 e. The van der Waals surface area contributed by atoms with Gasteiger partial charge < -0.3 is 0 Å². The lowest BCUT2D eigenvalue weighted by Crippen LogP contribution is -2.20. The van der Waals surface area contributed by atoms with Gasteiger partial charge in [0.05, 0.1) is 0 Å². The van der Waals surface area contributed by atoms with E-state index >= 15 is 0 Å². The zero-order valence-electron chi connectivity index (χ0n) is 15.9. The van der Waals surface area contributed by atoms with Crippen molar-refractivity contribution >= 4 is 33.1 Å². The zero-order valence-corrected chi connectivity index (χ0v) is 15.9. The van der Waals surface area contributed by atoms with Crippen LogP contribution in [0.15, 0.2) is 91.3 Å². The minimum Gasteiger partial charge on any atom is -0.289 e. The van der Waals surface area contributed by atoms with Gasteiger partial charge in [-0.25, -0.2) is 0 Å². The largest absolute Gasteiger partial charge is 0.289 e. The van der Waals surface area contributed by atoms with Gasteiger partial charge in [-0.05, 0) is 63.5 Å². The number of nitrogens with zero attached hydrogens (tertiary/aromatic N) is 1. The van der Waals surface area contributed by atoms with Crippen molar-refractivity contribution in [3.63, 3.8) is 0 Å². The van der Waals surface area contributed by atoms with Crippen molar-refractivity contribution in [1.29, 1.82) is 0 Å². The van der Waals surface area contributed by atoms with Crippen LogP contribution in [0.2, 0.25) is 0 Å². The molecule has 5 aromatic rings. The predicted octanol–water partition coefficient (Wildman–Crippen LogP) is 5.83. The molecule has 0 spiro atoms. The number of aromatic nitrogens is 1. The molecule has 0 amide bonds. The fourth-order valence-corrected chi connectivity index (χ4v) is 4.29. The highest BCUT2D eigenvalue weighted by Gasteiger charge is 2.30. The van der Waals surface area contributed by atoms with Gasteiger partial charge in [-0.3, -0.25) is 14.6 Å². The maximum atomic E-state index is 13.3. The van der Waals surface area contributed by atoms with Crippen molar-refractivity contribution in [1.82, 2.24) is 4.98 Å². The average Bonchev–Trinajstić information content (AvgIpc) is 2.81. The molecular weight excluding hydrogens is 370 g/mol. The fourth-order valence-electron chi connectivity index (χ4n) is 4.29. The molecule has 0 aliphatic heterocycles. The van der Waals surface area contributed by atoms with Crippen LogP contribution in [0.1, 0.15) is 31.8 Å². The Morgan fingerprint density at radius 1 is 0.500 bits per heavy atom. The third-order valence-electron chi connectivity index (χ3n) is 5.84. The lowest BCUT2D eigenvalue weighted by molar-refractivity contribution is 0.0979. The summed E-state index contributed by atoms with van der Waals surface area (Å²) in [5.74, 6) is -0.192. The molecule has 6 rings (SSSR count). The number of hydrogen-bond acceptors (Lipinski definition) is 3. The van der Waals surface area contributed by atoms with E-state index < -0.39 is 0 Å². The molecular formula is C27H15NO2. The normalized spacial score (nSPS) is 12.8. The first kappa shape index (κ1) is 16.8. The zero-order chi connectivity index (χ0) is 20.2. The van der Waals surface area contributed by atoms with Crippen molar-refractivity contribution in [2.75, 3.05) is 0 Å². The Morgan fingerprint density at radius 3 is 1.63 bits per heavy atom. The Hall–Kier alpha value is -4.11. The van der Waals surface area contributed by atoms with Gasteiger partial charge in [0.2, 0.25) is 0 Å². The first-order valence-corrected chi connectivity index (χ1v) is 9.79. The Bertz CT molecular complexity index is 1520. The molecule has 140 valence electrons. The highest BCUT2D eigenvalue weighted by molar-refractivity contribution is 6.30. The summed E-state index contributed by atoms with van der Waals surface area (Å²) >= 11 is 0. The van der Waals surface area contributed by atoms with Crippen LogP contribution >= 0.6 is 0 Å². The van der Waals surface area contributed by atoms with E-state index in [0.29, 0.717) is 22.3 Å². The monoisotopic (exact) mass is 385 g/mol. The van der Waals surface area contributed by atoms with Crippen molar-refractivity contribution in [2.45, 2.75) is 0 Å². The number of fused-ring (bicyclic) bond motifs is 4. The van der Waals surface area contributed by atoms with Gasteiger partial charge in [-0.15, -0.1) is 0 Å². The van der Waals surface area contributed by atoms with E-state index in [1.807, 2.05) is 85.1 Å². The Balaban J connectivity index is 1.56. The summed E-state index contributed by atoms with van der Waals surface area (Å²) < 4.78 is 0. The van der Waals surface area contributed by atoms with E-state index in [2.05, 4.69) is 4.98 Å². The standard InChI is InChI=1S/C27H15NO2/c29-26-22-11-16-4-1-2-5-17(16)12-23(22)27(30)25-14-21-10-18(20-6-3-9-28-15-20)7-8-19(21)13-24(25)26/h1-15H. The van der Waals surface area contributed by atoms with Gasteiger partial charge in [0.1, 0.15) is 0 Å². The third-order valence-corrected chi connectivity index (χ3v) is 5.84. The fraction of sp³-hybridized carbons (Fsp3) is 0. The summed E-state index contributed by atoms with van der Waals surface area (Å²) in [4.78, 5) is 30.8. The van der Waals surface area contributed by atoms with E-state index in [0.717, 1.165) is 32.7 Å². The van der Waals surface area contributed by atoms with E-state index in [1.54, 1.807) is 6.20 Å². The molecule has 1 heterocycles. The van der Waals surface area contributed by atoms with Crippen LogP contribution in [-0.2, 0) is 0 Å². The van der Waals surface area contributed by atoms with E-state index in [9.17, 15) is 9.59 Å². The molecule has 0 saturated heterocycles. The van der Waals surface area contributed by atoms with Crippen molar-refractivity contribution in [2.24, 2.45) is 0 Å². The smallest absolute Gasteiger partial charge is 0.194 e. The van der Waals surface area contributed by atoms with Gasteiger partial charge in [-0.2, -0.15) is 0 Å². The molecule has 0 saturated carbocycles. The Morgan fingerprint density at radius 2 is 1.07 bits per heavy atom. The number of benzene rings is 4. The molecule has 4 aromatic carbocycles. The minimum absolute atomic E-state index is 0.0939. The van der Waals surface area contributed by atoms with Crippen molar-refractivity contribution in [3.8, 4) is 11.1 Å². The SMILES string of the molecule is O=C1c2cc3ccccc3cc2C(=O)c2cc3cc(-c4cccnc4)ccc3cc21. The molecule has 0 unspecified atom stereocenters. The molecule has 0 radical (unpaired) electrons. The van der Waals surface area contributed by atoms with Gasteiger partial charge in [0, 0.05) is 40.2 Å². The van der Waals surface area contributed by atoms with Crippen LogP contribution in [0.5, 0.6) is 0 Å². The number of ketones is 2. The van der Waals surface area contributed by atoms with Crippen molar-refractivity contribution in [3.05, 3.63) is 114 Å². The van der Waals surface area contributed by atoms with Gasteiger partial charge >= 0.3 is 0 Å². The number of carbonyl (C=O) groups is 2. The van der Waals surface area contributed by atoms with Crippen LogP contribution in [-0.4, -0.2) is 16.6 Å². The van der Waals surface area contributed by atoms with Crippen LogP contribution in [0.25, 0.3) is 32.7 Å². The maximum absolute atomic E-state index is 13.3. The number of hydrogen-bond donors (Lipinski definition) is 0. The molecule has 0 atom stereocenters. The molecule has 0 N–H and O–H groups in total. The summed E-state index contributed by atoms with van der Waals surface area (Å²) in [7, 11) is 0. The van der Waals surface area contributed by atoms with E-state index in [4.69, 9.17) is 0 Å². The molecule has 3 nitrogen and oxygen atoms in total. The molecule has 1 aliphatic carbocycles. The molecule has 0 bridgehead atoms. The summed E-state index contributed by atoms with van der Waals surface area (Å²) in [6, 6.07) is 25.1. The second-order valence-corrected chi connectivity index (χ2v) is 7.60. The molecule has 30 heavy (non-hydrogen) atoms.